The number of nitrogens with zero attached hydrogens (tertiary/aromatic N) is 2. The van der Waals surface area contributed by atoms with Gasteiger partial charge in [0.15, 0.2) is 0 Å². The monoisotopic (exact) mass is 374 g/mol. The Labute approximate surface area is 157 Å². The summed E-state index contributed by atoms with van der Waals surface area (Å²) < 4.78 is 28.0. The van der Waals surface area contributed by atoms with Crippen molar-refractivity contribution in [2.45, 2.75) is 30.3 Å². The van der Waals surface area contributed by atoms with Gasteiger partial charge in [0.1, 0.15) is 17.7 Å². The molecule has 2 unspecified atom stereocenters. The van der Waals surface area contributed by atoms with E-state index in [9.17, 15) is 13.9 Å². The Hall–Kier alpha value is -2.10. The first kappa shape index (κ1) is 18.7. The van der Waals surface area contributed by atoms with Crippen LogP contribution in [-0.2, 0) is 6.54 Å². The van der Waals surface area contributed by atoms with E-state index >= 15 is 0 Å². The molecular weight excluding hydrogens is 354 g/mol. The van der Waals surface area contributed by atoms with Gasteiger partial charge in [-0.15, -0.1) is 0 Å². The molecule has 3 rings (SSSR count). The van der Waals surface area contributed by atoms with E-state index in [1.807, 2.05) is 24.3 Å². The number of likely N-dealkylation sites (tertiary alicyclic amines) is 1. The van der Waals surface area contributed by atoms with Crippen molar-refractivity contribution in [3.63, 3.8) is 0 Å². The van der Waals surface area contributed by atoms with Crippen LogP contribution in [0.3, 0.4) is 0 Å². The van der Waals surface area contributed by atoms with Gasteiger partial charge in [-0.1, -0.05) is 30.3 Å². The van der Waals surface area contributed by atoms with Gasteiger partial charge in [0.2, 0.25) is 0 Å². The Kier molecular flexibility index (Phi) is 5.49. The van der Waals surface area contributed by atoms with E-state index in [0.717, 1.165) is 5.56 Å². The fraction of sp³-hybridized carbons (Fsp3) is 0.350. The largest absolute Gasteiger partial charge is 0.507 e. The van der Waals surface area contributed by atoms with Gasteiger partial charge in [-0.25, -0.2) is 8.78 Å². The van der Waals surface area contributed by atoms with Crippen LogP contribution in [0.15, 0.2) is 42.5 Å². The van der Waals surface area contributed by atoms with Crippen molar-refractivity contribution in [1.29, 1.82) is 5.26 Å². The molecule has 0 amide bonds. The average molecular weight is 374 g/mol. The van der Waals surface area contributed by atoms with Crippen LogP contribution in [-0.4, -0.2) is 34.0 Å². The van der Waals surface area contributed by atoms with Crippen LogP contribution in [0.25, 0.3) is 11.1 Å². The van der Waals surface area contributed by atoms with Crippen LogP contribution < -0.4 is 0 Å². The second-order valence-corrected chi connectivity index (χ2v) is 7.61. The zero-order valence-corrected chi connectivity index (χ0v) is 15.1. The summed E-state index contributed by atoms with van der Waals surface area (Å²) in [6.07, 6.45) is -0.800. The lowest BCUT2D eigenvalue weighted by Gasteiger charge is -2.40. The van der Waals surface area contributed by atoms with E-state index in [1.54, 1.807) is 17.0 Å². The summed E-state index contributed by atoms with van der Waals surface area (Å²) in [5.74, 6) is -0.439. The summed E-state index contributed by atoms with van der Waals surface area (Å²) in [6.45, 7) is 0.809. The van der Waals surface area contributed by atoms with Crippen molar-refractivity contribution < 1.29 is 13.9 Å². The van der Waals surface area contributed by atoms with Crippen LogP contribution in [0.2, 0.25) is 0 Å². The molecule has 0 saturated carbocycles. The Balaban J connectivity index is 1.76. The second-order valence-electron chi connectivity index (χ2n) is 6.72. The summed E-state index contributed by atoms with van der Waals surface area (Å²) in [4.78, 5) is 1.79. The maximum absolute atomic E-state index is 14.6. The van der Waals surface area contributed by atoms with Crippen molar-refractivity contribution in [2.24, 2.45) is 0 Å². The van der Waals surface area contributed by atoms with Gasteiger partial charge >= 0.3 is 0 Å². The highest BCUT2D eigenvalue weighted by Crippen LogP contribution is 2.36. The van der Waals surface area contributed by atoms with Gasteiger partial charge in [0.05, 0.1) is 17.2 Å². The number of benzene rings is 2. The molecule has 2 aromatic carbocycles. The lowest BCUT2D eigenvalue weighted by molar-refractivity contribution is 0.0997. The highest BCUT2D eigenvalue weighted by Gasteiger charge is 2.40. The smallest absolute Gasteiger partial charge is 0.128 e. The maximum Gasteiger partial charge on any atom is 0.128 e. The molecule has 1 aliphatic heterocycles. The molecule has 0 aromatic heterocycles. The molecule has 6 heteroatoms. The predicted molar refractivity (Wildman–Crippen MR) is 100 cm³/mol. The van der Waals surface area contributed by atoms with Gasteiger partial charge in [-0.3, -0.25) is 4.90 Å². The fourth-order valence-electron chi connectivity index (χ4n) is 3.29. The summed E-state index contributed by atoms with van der Waals surface area (Å²) in [6, 6.07) is 13.8. The summed E-state index contributed by atoms with van der Waals surface area (Å²) in [7, 11) is 0. The minimum atomic E-state index is -1.26. The lowest BCUT2D eigenvalue weighted by atomic mass is 9.90. The van der Waals surface area contributed by atoms with Crippen molar-refractivity contribution in [1.82, 2.24) is 4.90 Å². The molecule has 136 valence electrons. The van der Waals surface area contributed by atoms with Gasteiger partial charge in [-0.05, 0) is 24.1 Å². The number of thiol groups is 1. The number of phenols is 1. The highest BCUT2D eigenvalue weighted by atomic mass is 32.1. The number of hydrogen-bond donors (Lipinski definition) is 2. The molecule has 0 radical (unpaired) electrons. The standard InChI is InChI=1S/C20H20F2N2OS/c21-17-11-16(14-4-2-1-3-5-14)18(25)10-15(17)12-24-9-7-20(26,6-8-23)19(22)13-24/h1-5,10-11,19,25-26H,6-7,9,12-13H2. The number of piperidine rings is 1. The fourth-order valence-corrected chi connectivity index (χ4v) is 3.54. The van der Waals surface area contributed by atoms with Crippen molar-refractivity contribution in [3.8, 4) is 22.9 Å². The summed E-state index contributed by atoms with van der Waals surface area (Å²) in [5, 5.41) is 19.1. The number of hydrogen-bond acceptors (Lipinski definition) is 4. The molecule has 2 aromatic rings. The topological polar surface area (TPSA) is 47.3 Å². The molecular formula is C20H20F2N2OS. The predicted octanol–water partition coefficient (Wildman–Crippen LogP) is 4.32. The van der Waals surface area contributed by atoms with E-state index in [4.69, 9.17) is 5.26 Å². The SMILES string of the molecule is N#CCC1(S)CCN(Cc2cc(O)c(-c3ccccc3)cc2F)CC1F. The van der Waals surface area contributed by atoms with Crippen molar-refractivity contribution in [3.05, 3.63) is 53.8 Å². The van der Waals surface area contributed by atoms with Crippen LogP contribution >= 0.6 is 12.6 Å². The van der Waals surface area contributed by atoms with E-state index in [-0.39, 0.29) is 25.3 Å². The summed E-state index contributed by atoms with van der Waals surface area (Å²) in [5.41, 5.74) is 1.48. The zero-order valence-electron chi connectivity index (χ0n) is 14.2. The Bertz CT molecular complexity index is 825. The number of aromatic hydroxyl groups is 1. The van der Waals surface area contributed by atoms with Crippen LogP contribution in [0.1, 0.15) is 18.4 Å². The molecule has 2 atom stereocenters. The lowest BCUT2D eigenvalue weighted by Crippen LogP contribution is -2.50. The van der Waals surface area contributed by atoms with Gasteiger partial charge < -0.3 is 5.11 Å². The number of halogens is 2. The van der Waals surface area contributed by atoms with Gasteiger partial charge in [-0.2, -0.15) is 17.9 Å². The normalized spacial score (nSPS) is 23.5. The van der Waals surface area contributed by atoms with Crippen molar-refractivity contribution in [2.75, 3.05) is 13.1 Å². The molecule has 1 saturated heterocycles. The first-order chi connectivity index (χ1) is 12.4. The third kappa shape index (κ3) is 3.84. The minimum absolute atomic E-state index is 0.00516. The Morgan fingerprint density at radius 3 is 2.69 bits per heavy atom. The number of alkyl halides is 1. The Morgan fingerprint density at radius 1 is 1.31 bits per heavy atom. The minimum Gasteiger partial charge on any atom is -0.507 e. The van der Waals surface area contributed by atoms with Crippen LogP contribution in [0.5, 0.6) is 5.75 Å². The number of rotatable bonds is 4. The third-order valence-corrected chi connectivity index (χ3v) is 5.55. The Morgan fingerprint density at radius 2 is 2.04 bits per heavy atom. The molecule has 0 aliphatic carbocycles. The molecule has 26 heavy (non-hydrogen) atoms. The van der Waals surface area contributed by atoms with E-state index in [0.29, 0.717) is 24.1 Å². The highest BCUT2D eigenvalue weighted by molar-refractivity contribution is 7.81. The molecule has 1 fully saturated rings. The average Bonchev–Trinajstić information content (AvgIpc) is 2.62. The van der Waals surface area contributed by atoms with Gasteiger partial charge in [0.25, 0.3) is 0 Å². The maximum atomic E-state index is 14.6. The quantitative estimate of drug-likeness (QED) is 0.784. The van der Waals surface area contributed by atoms with Gasteiger partial charge in [0, 0.05) is 30.8 Å². The van der Waals surface area contributed by atoms with E-state index in [2.05, 4.69) is 12.6 Å². The number of phenolic OH excluding ortho intramolecular Hbond substituents is 1. The molecule has 3 nitrogen and oxygen atoms in total. The number of nitriles is 1. The molecule has 1 aliphatic rings. The molecule has 0 spiro atoms. The summed E-state index contributed by atoms with van der Waals surface area (Å²) >= 11 is 4.34. The van der Waals surface area contributed by atoms with Crippen molar-refractivity contribution >= 4 is 12.6 Å². The van der Waals surface area contributed by atoms with E-state index in [1.165, 1.54) is 12.1 Å². The second kappa shape index (κ2) is 7.65. The first-order valence-corrected chi connectivity index (χ1v) is 8.90. The molecule has 1 N–H and O–H groups in total. The zero-order chi connectivity index (χ0) is 18.7. The van der Waals surface area contributed by atoms with Crippen LogP contribution in [0, 0.1) is 17.1 Å². The van der Waals surface area contributed by atoms with E-state index < -0.39 is 16.7 Å². The molecule has 1 heterocycles. The van der Waals surface area contributed by atoms with Crippen LogP contribution in [0.4, 0.5) is 8.78 Å². The molecule has 0 bridgehead atoms. The third-order valence-electron chi connectivity index (χ3n) is 4.89. The first-order valence-electron chi connectivity index (χ1n) is 8.45.